The van der Waals surface area contributed by atoms with E-state index in [0.29, 0.717) is 20.5 Å². The van der Waals surface area contributed by atoms with Crippen LogP contribution >= 0.6 is 45.9 Å². The van der Waals surface area contributed by atoms with Gasteiger partial charge in [0.25, 0.3) is 0 Å². The van der Waals surface area contributed by atoms with Crippen molar-refractivity contribution in [3.05, 3.63) is 55.2 Å². The van der Waals surface area contributed by atoms with Gasteiger partial charge in [-0.1, -0.05) is 55.2 Å². The van der Waals surface area contributed by atoms with E-state index < -0.39 is 5.97 Å². The van der Waals surface area contributed by atoms with Gasteiger partial charge in [0.05, 0.1) is 11.2 Å². The lowest BCUT2D eigenvalue weighted by Gasteiger charge is -2.15. The monoisotopic (exact) mass is 425 g/mol. The summed E-state index contributed by atoms with van der Waals surface area (Å²) in [6.07, 6.45) is 1.40. The minimum atomic E-state index is -0.463. The van der Waals surface area contributed by atoms with E-state index >= 15 is 0 Å². The molecule has 2 heterocycles. The van der Waals surface area contributed by atoms with Crippen LogP contribution in [0.4, 0.5) is 0 Å². The van der Waals surface area contributed by atoms with E-state index in [1.807, 2.05) is 6.92 Å². The van der Waals surface area contributed by atoms with Crippen molar-refractivity contribution in [2.45, 2.75) is 33.1 Å². The normalized spacial score (nSPS) is 12.2. The molecule has 3 rings (SSSR count). The number of oxime groups is 1. The molecule has 0 aliphatic rings. The predicted octanol–water partition coefficient (Wildman–Crippen LogP) is 7.07. The molecule has 1 aromatic carbocycles. The first kappa shape index (κ1) is 19.4. The molecule has 0 saturated heterocycles. The van der Waals surface area contributed by atoms with Crippen LogP contribution in [-0.4, -0.2) is 12.2 Å². The molecule has 0 spiro atoms. The summed E-state index contributed by atoms with van der Waals surface area (Å²) in [6, 6.07) is 7.17. The van der Waals surface area contributed by atoms with Crippen molar-refractivity contribution in [2.75, 3.05) is 0 Å². The molecule has 7 heteroatoms. The van der Waals surface area contributed by atoms with Gasteiger partial charge in [0.15, 0.2) is 0 Å². The lowest BCUT2D eigenvalue weighted by atomic mass is 9.95. The Hall–Kier alpha value is -1.40. The number of rotatable bonds is 3. The third-order valence-electron chi connectivity index (χ3n) is 3.81. The van der Waals surface area contributed by atoms with Gasteiger partial charge in [-0.3, -0.25) is 0 Å². The molecule has 0 atom stereocenters. The van der Waals surface area contributed by atoms with Crippen molar-refractivity contribution in [1.29, 1.82) is 0 Å². The number of thiophene rings is 2. The minimum absolute atomic E-state index is 0.0959. The van der Waals surface area contributed by atoms with E-state index in [-0.39, 0.29) is 5.41 Å². The van der Waals surface area contributed by atoms with E-state index in [1.54, 1.807) is 29.5 Å². The third-order valence-corrected chi connectivity index (χ3v) is 7.40. The Labute approximate surface area is 170 Å². The van der Waals surface area contributed by atoms with Gasteiger partial charge in [-0.25, -0.2) is 4.79 Å². The van der Waals surface area contributed by atoms with E-state index in [1.165, 1.54) is 22.4 Å². The average molecular weight is 426 g/mol. The molecule has 3 aromatic rings. The van der Waals surface area contributed by atoms with Crippen LogP contribution in [-0.2, 0) is 10.3 Å². The Morgan fingerprint density at radius 2 is 1.92 bits per heavy atom. The Morgan fingerprint density at radius 1 is 1.19 bits per heavy atom. The fraction of sp³-hybridized carbons (Fsp3) is 0.263. The van der Waals surface area contributed by atoms with Gasteiger partial charge in [0.1, 0.15) is 4.88 Å². The maximum absolute atomic E-state index is 12.4. The molecular formula is C19H17Cl2NO2S2. The largest absolute Gasteiger partial charge is 0.375 e. The van der Waals surface area contributed by atoms with Gasteiger partial charge in [0, 0.05) is 24.9 Å². The van der Waals surface area contributed by atoms with Crippen LogP contribution < -0.4 is 0 Å². The molecule has 2 aromatic heterocycles. The number of fused-ring (bicyclic) bond motifs is 1. The van der Waals surface area contributed by atoms with Gasteiger partial charge >= 0.3 is 5.97 Å². The van der Waals surface area contributed by atoms with Crippen LogP contribution in [0.5, 0.6) is 0 Å². The van der Waals surface area contributed by atoms with E-state index in [9.17, 15) is 4.79 Å². The van der Waals surface area contributed by atoms with Gasteiger partial charge in [-0.2, -0.15) is 0 Å². The molecule has 0 aliphatic heterocycles. The molecule has 26 heavy (non-hydrogen) atoms. The van der Waals surface area contributed by atoms with Crippen LogP contribution in [0.3, 0.4) is 0 Å². The number of nitrogens with zero attached hydrogens (tertiary/aromatic N) is 1. The van der Waals surface area contributed by atoms with Crippen LogP contribution in [0.1, 0.15) is 46.4 Å². The summed E-state index contributed by atoms with van der Waals surface area (Å²) in [4.78, 5) is 19.3. The van der Waals surface area contributed by atoms with Crippen molar-refractivity contribution >= 4 is 67.5 Å². The number of halogens is 2. The first-order valence-electron chi connectivity index (χ1n) is 7.90. The van der Waals surface area contributed by atoms with Crippen LogP contribution in [0.15, 0.2) is 29.4 Å². The summed E-state index contributed by atoms with van der Waals surface area (Å²) < 4.78 is 2.24. The van der Waals surface area contributed by atoms with E-state index in [4.69, 9.17) is 28.0 Å². The van der Waals surface area contributed by atoms with Crippen molar-refractivity contribution in [3.8, 4) is 0 Å². The molecule has 0 fully saturated rings. The standard InChI is InChI=1S/C19H17Cl2NO2S2/c1-10-16-14(8-15(26-16)19(2,3)4)25-17(10)18(23)24-22-9-11-5-6-12(20)7-13(11)21/h5-9H,1-4H3/b22-9+. The topological polar surface area (TPSA) is 38.7 Å². The van der Waals surface area contributed by atoms with Crippen LogP contribution in [0.25, 0.3) is 9.40 Å². The Bertz CT molecular complexity index is 1010. The van der Waals surface area contributed by atoms with E-state index in [0.717, 1.165) is 15.0 Å². The molecule has 136 valence electrons. The maximum Gasteiger partial charge on any atom is 0.375 e. The first-order chi connectivity index (χ1) is 12.2. The summed E-state index contributed by atoms with van der Waals surface area (Å²) in [6.45, 7) is 8.49. The lowest BCUT2D eigenvalue weighted by molar-refractivity contribution is 0.0524. The van der Waals surface area contributed by atoms with Crippen molar-refractivity contribution in [3.63, 3.8) is 0 Å². The number of benzene rings is 1. The number of carbonyl (C=O) groups is 1. The van der Waals surface area contributed by atoms with Crippen molar-refractivity contribution in [2.24, 2.45) is 5.16 Å². The molecular weight excluding hydrogens is 409 g/mol. The van der Waals surface area contributed by atoms with Crippen molar-refractivity contribution < 1.29 is 9.63 Å². The smallest absolute Gasteiger partial charge is 0.312 e. The van der Waals surface area contributed by atoms with Gasteiger partial charge in [-0.05, 0) is 36.1 Å². The number of carbonyl (C=O) groups excluding carboxylic acids is 1. The zero-order valence-electron chi connectivity index (χ0n) is 14.7. The zero-order valence-corrected chi connectivity index (χ0v) is 17.9. The van der Waals surface area contributed by atoms with Gasteiger partial charge in [0.2, 0.25) is 0 Å². The summed E-state index contributed by atoms with van der Waals surface area (Å²) in [5.74, 6) is -0.463. The zero-order chi connectivity index (χ0) is 19.1. The van der Waals surface area contributed by atoms with Gasteiger partial charge in [-0.15, -0.1) is 22.7 Å². The summed E-state index contributed by atoms with van der Waals surface area (Å²) in [7, 11) is 0. The molecule has 0 radical (unpaired) electrons. The second kappa shape index (κ2) is 7.31. The van der Waals surface area contributed by atoms with Crippen molar-refractivity contribution in [1.82, 2.24) is 0 Å². The molecule has 0 aliphatic carbocycles. The second-order valence-electron chi connectivity index (χ2n) is 6.89. The predicted molar refractivity (Wildman–Crippen MR) is 113 cm³/mol. The second-order valence-corrected chi connectivity index (χ2v) is 9.84. The molecule has 0 N–H and O–H groups in total. The number of hydrogen-bond donors (Lipinski definition) is 0. The van der Waals surface area contributed by atoms with Gasteiger partial charge < -0.3 is 4.84 Å². The van der Waals surface area contributed by atoms with Crippen LogP contribution in [0.2, 0.25) is 10.0 Å². The summed E-state index contributed by atoms with van der Waals surface area (Å²) in [5.41, 5.74) is 1.66. The molecule has 0 bridgehead atoms. The third kappa shape index (κ3) is 3.96. The fourth-order valence-corrected chi connectivity index (χ4v) is 5.33. The highest BCUT2D eigenvalue weighted by atomic mass is 35.5. The number of hydrogen-bond acceptors (Lipinski definition) is 5. The molecule has 0 amide bonds. The summed E-state index contributed by atoms with van der Waals surface area (Å²) in [5, 5.41) is 4.75. The maximum atomic E-state index is 12.4. The molecule has 0 saturated carbocycles. The molecule has 3 nitrogen and oxygen atoms in total. The number of aryl methyl sites for hydroxylation is 1. The lowest BCUT2D eigenvalue weighted by Crippen LogP contribution is -2.07. The molecule has 0 unspecified atom stereocenters. The highest BCUT2D eigenvalue weighted by Gasteiger charge is 2.23. The minimum Gasteiger partial charge on any atom is -0.312 e. The van der Waals surface area contributed by atoms with E-state index in [2.05, 4.69) is 32.0 Å². The first-order valence-corrected chi connectivity index (χ1v) is 10.3. The fourth-order valence-electron chi connectivity index (χ4n) is 2.34. The Balaban J connectivity index is 1.78. The highest BCUT2D eigenvalue weighted by Crippen LogP contribution is 2.41. The Morgan fingerprint density at radius 3 is 2.54 bits per heavy atom. The summed E-state index contributed by atoms with van der Waals surface area (Å²) >= 11 is 15.1. The highest BCUT2D eigenvalue weighted by molar-refractivity contribution is 7.29. The Kier molecular flexibility index (Phi) is 5.45. The average Bonchev–Trinajstić information content (AvgIpc) is 3.09. The quantitative estimate of drug-likeness (QED) is 0.255. The SMILES string of the molecule is Cc1c(C(=O)O/N=C/c2ccc(Cl)cc2Cl)sc2cc(C(C)(C)C)sc12. The van der Waals surface area contributed by atoms with Crippen LogP contribution in [0, 0.1) is 6.92 Å².